The molecule has 4 heteroatoms. The molecule has 17 heavy (non-hydrogen) atoms. The molecule has 0 fully saturated rings. The van der Waals surface area contributed by atoms with Crippen molar-refractivity contribution in [1.82, 2.24) is 5.32 Å². The molecule has 0 aromatic heterocycles. The van der Waals surface area contributed by atoms with Crippen LogP contribution >= 0.6 is 0 Å². The van der Waals surface area contributed by atoms with Crippen LogP contribution in [0.3, 0.4) is 0 Å². The molecule has 1 unspecified atom stereocenters. The molecule has 0 spiro atoms. The minimum Gasteiger partial charge on any atom is -0.306 e. The lowest BCUT2D eigenvalue weighted by Gasteiger charge is -2.30. The summed E-state index contributed by atoms with van der Waals surface area (Å²) in [5.74, 6) is -0.353. The molecule has 1 nitrogen and oxygen atoms in total. The van der Waals surface area contributed by atoms with Crippen molar-refractivity contribution in [2.45, 2.75) is 38.7 Å². The molecule has 96 valence electrons. The molecule has 0 saturated heterocycles. The smallest absolute Gasteiger partial charge is 0.256 e. The van der Waals surface area contributed by atoms with Gasteiger partial charge in [0, 0.05) is 0 Å². The first kappa shape index (κ1) is 14.0. The molecule has 1 N–H and O–H groups in total. The van der Waals surface area contributed by atoms with Gasteiger partial charge in [-0.25, -0.2) is 13.2 Å². The van der Waals surface area contributed by atoms with Gasteiger partial charge in [-0.2, -0.15) is 0 Å². The van der Waals surface area contributed by atoms with E-state index < -0.39 is 12.0 Å². The summed E-state index contributed by atoms with van der Waals surface area (Å²) >= 11 is 0. The predicted molar refractivity (Wildman–Crippen MR) is 62.8 cm³/mol. The van der Waals surface area contributed by atoms with Gasteiger partial charge in [0.2, 0.25) is 0 Å². The number of nitrogens with one attached hydrogen (secondary N) is 1. The zero-order valence-corrected chi connectivity index (χ0v) is 10.1. The van der Waals surface area contributed by atoms with E-state index in [9.17, 15) is 13.2 Å². The van der Waals surface area contributed by atoms with Crippen molar-refractivity contribution in [1.29, 1.82) is 0 Å². The van der Waals surface area contributed by atoms with Crippen molar-refractivity contribution >= 4 is 0 Å². The van der Waals surface area contributed by atoms with Gasteiger partial charge in [-0.3, -0.25) is 0 Å². The second kappa shape index (κ2) is 6.05. The first-order valence-electron chi connectivity index (χ1n) is 5.75. The summed E-state index contributed by atoms with van der Waals surface area (Å²) in [7, 11) is 0. The van der Waals surface area contributed by atoms with Crippen molar-refractivity contribution in [2.24, 2.45) is 0 Å². The Bertz CT molecular complexity index is 337. The van der Waals surface area contributed by atoms with Crippen LogP contribution in [-0.4, -0.2) is 18.5 Å². The third kappa shape index (κ3) is 4.04. The number of alkyl halides is 2. The van der Waals surface area contributed by atoms with E-state index in [1.54, 1.807) is 12.1 Å². The maximum absolute atomic E-state index is 13.0. The van der Waals surface area contributed by atoms with Gasteiger partial charge < -0.3 is 5.32 Å². The maximum atomic E-state index is 13.0. The fraction of sp³-hybridized carbons (Fsp3) is 0.538. The van der Waals surface area contributed by atoms with Crippen LogP contribution in [0.1, 0.15) is 25.8 Å². The summed E-state index contributed by atoms with van der Waals surface area (Å²) < 4.78 is 38.8. The van der Waals surface area contributed by atoms with Crippen LogP contribution in [0.15, 0.2) is 24.3 Å². The molecule has 1 atom stereocenters. The van der Waals surface area contributed by atoms with Gasteiger partial charge in [0.25, 0.3) is 6.43 Å². The van der Waals surface area contributed by atoms with Gasteiger partial charge in [0.15, 0.2) is 0 Å². The van der Waals surface area contributed by atoms with Crippen molar-refractivity contribution in [3.63, 3.8) is 0 Å². The second-order valence-electron chi connectivity index (χ2n) is 4.45. The van der Waals surface area contributed by atoms with E-state index in [4.69, 9.17) is 0 Å². The van der Waals surface area contributed by atoms with Crippen molar-refractivity contribution < 1.29 is 13.2 Å². The molecule has 0 saturated carbocycles. The first-order valence-corrected chi connectivity index (χ1v) is 5.75. The van der Waals surface area contributed by atoms with Crippen molar-refractivity contribution in [3.8, 4) is 0 Å². The lowest BCUT2D eigenvalue weighted by molar-refractivity contribution is 0.0406. The third-order valence-corrected chi connectivity index (χ3v) is 2.75. The largest absolute Gasteiger partial charge is 0.306 e. The summed E-state index contributed by atoms with van der Waals surface area (Å²) in [5, 5.41) is 2.86. The lowest BCUT2D eigenvalue weighted by atomic mass is 9.93. The molecule has 0 aliphatic heterocycles. The Morgan fingerprint density at radius 1 is 1.24 bits per heavy atom. The van der Waals surface area contributed by atoms with Crippen LogP contribution in [0.5, 0.6) is 0 Å². The standard InChI is InChI=1S/C13H18F3N/c1-3-8-17-13(2,12(15)16)9-10-4-6-11(14)7-5-10/h4-7,12,17H,3,8-9H2,1-2H3. The van der Waals surface area contributed by atoms with Crippen LogP contribution < -0.4 is 5.32 Å². The molecule has 1 rings (SSSR count). The Morgan fingerprint density at radius 2 is 1.82 bits per heavy atom. The van der Waals surface area contributed by atoms with Crippen molar-refractivity contribution in [2.75, 3.05) is 6.54 Å². The second-order valence-corrected chi connectivity index (χ2v) is 4.45. The summed E-state index contributed by atoms with van der Waals surface area (Å²) in [6.45, 7) is 3.97. The van der Waals surface area contributed by atoms with Crippen LogP contribution in [0.4, 0.5) is 13.2 Å². The summed E-state index contributed by atoms with van der Waals surface area (Å²) in [6, 6.07) is 5.68. The Morgan fingerprint density at radius 3 is 2.29 bits per heavy atom. The highest BCUT2D eigenvalue weighted by Crippen LogP contribution is 2.21. The molecule has 0 aliphatic carbocycles. The topological polar surface area (TPSA) is 12.0 Å². The molecule has 0 bridgehead atoms. The normalized spacial score (nSPS) is 14.9. The molecular formula is C13H18F3N. The molecule has 0 radical (unpaired) electrons. The fourth-order valence-corrected chi connectivity index (χ4v) is 1.65. The molecule has 1 aromatic rings. The van der Waals surface area contributed by atoms with Gasteiger partial charge in [-0.05, 0) is 44.0 Å². The van der Waals surface area contributed by atoms with Crippen molar-refractivity contribution in [3.05, 3.63) is 35.6 Å². The highest BCUT2D eigenvalue weighted by Gasteiger charge is 2.34. The van der Waals surface area contributed by atoms with Gasteiger partial charge in [-0.1, -0.05) is 19.1 Å². The van der Waals surface area contributed by atoms with E-state index in [2.05, 4.69) is 5.32 Å². The average molecular weight is 245 g/mol. The van der Waals surface area contributed by atoms with Gasteiger partial charge >= 0.3 is 0 Å². The van der Waals surface area contributed by atoms with Crippen LogP contribution in [0.25, 0.3) is 0 Å². The van der Waals surface area contributed by atoms with Gasteiger partial charge in [0.1, 0.15) is 5.82 Å². The molecular weight excluding hydrogens is 227 g/mol. The number of hydrogen-bond acceptors (Lipinski definition) is 1. The predicted octanol–water partition coefficient (Wildman–Crippen LogP) is 3.39. The number of benzene rings is 1. The molecule has 1 aromatic carbocycles. The highest BCUT2D eigenvalue weighted by molar-refractivity contribution is 5.19. The number of hydrogen-bond donors (Lipinski definition) is 1. The Balaban J connectivity index is 2.75. The first-order chi connectivity index (χ1) is 7.98. The van der Waals surface area contributed by atoms with Crippen LogP contribution in [0, 0.1) is 5.82 Å². The minimum absolute atomic E-state index is 0.185. The van der Waals surface area contributed by atoms with E-state index in [0.29, 0.717) is 12.1 Å². The van der Waals surface area contributed by atoms with E-state index in [1.807, 2.05) is 6.92 Å². The SMILES string of the molecule is CCCNC(C)(Cc1ccc(F)cc1)C(F)F. The van der Waals surface area contributed by atoms with Crippen LogP contribution in [-0.2, 0) is 6.42 Å². The Kier molecular flexibility index (Phi) is 5.00. The van der Waals surface area contributed by atoms with E-state index in [-0.39, 0.29) is 12.2 Å². The molecule has 0 amide bonds. The van der Waals surface area contributed by atoms with Gasteiger partial charge in [-0.15, -0.1) is 0 Å². The third-order valence-electron chi connectivity index (χ3n) is 2.75. The highest BCUT2D eigenvalue weighted by atomic mass is 19.3. The Labute approximate surface area is 100 Å². The average Bonchev–Trinajstić information content (AvgIpc) is 2.29. The molecule has 0 aliphatic rings. The molecule has 0 heterocycles. The monoisotopic (exact) mass is 245 g/mol. The summed E-state index contributed by atoms with van der Waals surface area (Å²) in [6.07, 6.45) is -1.48. The number of rotatable bonds is 6. The van der Waals surface area contributed by atoms with E-state index >= 15 is 0 Å². The zero-order valence-electron chi connectivity index (χ0n) is 10.1. The zero-order chi connectivity index (χ0) is 12.9. The summed E-state index contributed by atoms with van der Waals surface area (Å²) in [4.78, 5) is 0. The fourth-order valence-electron chi connectivity index (χ4n) is 1.65. The van der Waals surface area contributed by atoms with Crippen LogP contribution in [0.2, 0.25) is 0 Å². The van der Waals surface area contributed by atoms with Gasteiger partial charge in [0.05, 0.1) is 5.54 Å². The van der Waals surface area contributed by atoms with E-state index in [1.165, 1.54) is 19.1 Å². The summed E-state index contributed by atoms with van der Waals surface area (Å²) in [5.41, 5.74) is -0.550. The van der Waals surface area contributed by atoms with E-state index in [0.717, 1.165) is 6.42 Å². The number of halogens is 3. The minimum atomic E-state index is -2.46. The maximum Gasteiger partial charge on any atom is 0.256 e. The quantitative estimate of drug-likeness (QED) is 0.810. The Hall–Kier alpha value is -1.03. The lowest BCUT2D eigenvalue weighted by Crippen LogP contribution is -2.50.